The summed E-state index contributed by atoms with van der Waals surface area (Å²) in [5.74, 6) is -3.73. The lowest BCUT2D eigenvalue weighted by Gasteiger charge is -2.31. The standard InChI is InChI=1S/C27H34ClIN4O8S/c1-16-30-12-21(42-16)26(38)33-20(14-40-4)25(37)32-19(13-39-3)24(36)31-18(10-17-8-6-5-7-9-17)23(35)27(2,15-29)41-22(34)11-28/h5-9,12,18-20H,10-11,13-15H2,1-4H3,(H,31,36)(H,32,37)(H,33,38). The molecule has 4 atom stereocenters. The maximum Gasteiger partial charge on any atom is 0.321 e. The van der Waals surface area contributed by atoms with Crippen molar-refractivity contribution in [2.45, 2.75) is 44.0 Å². The van der Waals surface area contributed by atoms with Crippen molar-refractivity contribution in [3.63, 3.8) is 0 Å². The molecule has 12 nitrogen and oxygen atoms in total. The van der Waals surface area contributed by atoms with Crippen molar-refractivity contribution >= 4 is 75.0 Å². The Kier molecular flexibility index (Phi) is 14.8. The van der Waals surface area contributed by atoms with E-state index in [0.29, 0.717) is 9.88 Å². The van der Waals surface area contributed by atoms with Crippen molar-refractivity contribution < 1.29 is 38.2 Å². The van der Waals surface area contributed by atoms with Gasteiger partial charge in [-0.25, -0.2) is 4.98 Å². The van der Waals surface area contributed by atoms with Crippen LogP contribution in [0.5, 0.6) is 0 Å². The Labute approximate surface area is 266 Å². The Morgan fingerprint density at radius 1 is 0.976 bits per heavy atom. The predicted octanol–water partition coefficient (Wildman–Crippen LogP) is 1.60. The van der Waals surface area contributed by atoms with Crippen molar-refractivity contribution in [2.24, 2.45) is 0 Å². The van der Waals surface area contributed by atoms with E-state index in [1.54, 1.807) is 31.2 Å². The molecule has 15 heteroatoms. The summed E-state index contributed by atoms with van der Waals surface area (Å²) in [5.41, 5.74) is -0.841. The van der Waals surface area contributed by atoms with Crippen LogP contribution in [-0.2, 0) is 39.8 Å². The van der Waals surface area contributed by atoms with Crippen molar-refractivity contribution in [1.29, 1.82) is 0 Å². The third-order valence-corrected chi connectivity index (χ3v) is 8.49. The van der Waals surface area contributed by atoms with Gasteiger partial charge in [-0.05, 0) is 25.8 Å². The number of nitrogens with zero attached hydrogens (tertiary/aromatic N) is 1. The second kappa shape index (κ2) is 17.5. The van der Waals surface area contributed by atoms with E-state index in [0.717, 1.165) is 16.9 Å². The SMILES string of the molecule is COCC(NC(=O)c1cnc(C)s1)C(=O)NC(COC)C(=O)NC(Cc1ccccc1)C(=O)C(C)(CI)OC(=O)CCl. The monoisotopic (exact) mass is 736 g/mol. The van der Waals surface area contributed by atoms with Gasteiger partial charge in [0.15, 0.2) is 11.4 Å². The molecule has 0 radical (unpaired) electrons. The average Bonchev–Trinajstić information content (AvgIpc) is 3.42. The second-order valence-corrected chi connectivity index (χ2v) is 11.6. The number of rotatable bonds is 17. The number of benzene rings is 1. The fraction of sp³-hybridized carbons (Fsp3) is 0.481. The second-order valence-electron chi connectivity index (χ2n) is 9.33. The zero-order chi connectivity index (χ0) is 31.3. The highest BCUT2D eigenvalue weighted by molar-refractivity contribution is 14.1. The highest BCUT2D eigenvalue weighted by Gasteiger charge is 2.42. The normalized spacial score (nSPS) is 14.5. The predicted molar refractivity (Wildman–Crippen MR) is 165 cm³/mol. The zero-order valence-electron chi connectivity index (χ0n) is 23.6. The molecular weight excluding hydrogens is 703 g/mol. The van der Waals surface area contributed by atoms with Crippen molar-refractivity contribution in [1.82, 2.24) is 20.9 Å². The van der Waals surface area contributed by atoms with Crippen LogP contribution in [0, 0.1) is 6.92 Å². The maximum absolute atomic E-state index is 13.7. The number of hydrogen-bond donors (Lipinski definition) is 3. The molecule has 2 aromatic rings. The summed E-state index contributed by atoms with van der Waals surface area (Å²) < 4.78 is 15.7. The minimum atomic E-state index is -1.58. The lowest BCUT2D eigenvalue weighted by molar-refractivity contribution is -0.161. The number of hydrogen-bond acceptors (Lipinski definition) is 10. The zero-order valence-corrected chi connectivity index (χ0v) is 27.3. The minimum absolute atomic E-state index is 0.0837. The third-order valence-electron chi connectivity index (χ3n) is 5.91. The molecule has 3 N–H and O–H groups in total. The van der Waals surface area contributed by atoms with Crippen molar-refractivity contribution in [3.8, 4) is 0 Å². The number of alkyl halides is 2. The molecule has 0 aliphatic rings. The van der Waals surface area contributed by atoms with E-state index < -0.39 is 59.1 Å². The van der Waals surface area contributed by atoms with Crippen LogP contribution < -0.4 is 16.0 Å². The summed E-state index contributed by atoms with van der Waals surface area (Å²) in [4.78, 5) is 69.4. The molecule has 1 aromatic carbocycles. The van der Waals surface area contributed by atoms with Gasteiger partial charge in [-0.1, -0.05) is 52.9 Å². The molecule has 0 spiro atoms. The van der Waals surface area contributed by atoms with Crippen LogP contribution in [0.25, 0.3) is 0 Å². The first kappa shape index (κ1) is 35.5. The van der Waals surface area contributed by atoms with Gasteiger partial charge in [-0.3, -0.25) is 24.0 Å². The van der Waals surface area contributed by atoms with E-state index in [-0.39, 0.29) is 24.1 Å². The number of nitrogens with one attached hydrogen (secondary N) is 3. The van der Waals surface area contributed by atoms with E-state index >= 15 is 0 Å². The Morgan fingerprint density at radius 2 is 1.55 bits per heavy atom. The topological polar surface area (TPSA) is 162 Å². The van der Waals surface area contributed by atoms with Crippen LogP contribution >= 0.6 is 45.5 Å². The van der Waals surface area contributed by atoms with Gasteiger partial charge in [0.1, 0.15) is 22.8 Å². The van der Waals surface area contributed by atoms with Crippen LogP contribution in [0.3, 0.4) is 0 Å². The van der Waals surface area contributed by atoms with Gasteiger partial charge < -0.3 is 30.2 Å². The molecule has 230 valence electrons. The highest BCUT2D eigenvalue weighted by atomic mass is 127. The maximum atomic E-state index is 13.7. The number of aromatic nitrogens is 1. The molecule has 0 saturated heterocycles. The largest absolute Gasteiger partial charge is 0.450 e. The summed E-state index contributed by atoms with van der Waals surface area (Å²) >= 11 is 8.69. The van der Waals surface area contributed by atoms with E-state index in [4.69, 9.17) is 25.8 Å². The number of Topliss-reactive ketones (excluding diaryl/α,β-unsaturated/α-hetero) is 1. The van der Waals surface area contributed by atoms with E-state index in [1.807, 2.05) is 28.7 Å². The average molecular weight is 737 g/mol. The summed E-state index contributed by atoms with van der Waals surface area (Å²) in [5, 5.41) is 8.52. The van der Waals surface area contributed by atoms with Gasteiger partial charge in [-0.2, -0.15) is 0 Å². The van der Waals surface area contributed by atoms with E-state index in [1.165, 1.54) is 27.3 Å². The Bertz CT molecular complexity index is 1230. The number of amides is 3. The first-order chi connectivity index (χ1) is 20.0. The van der Waals surface area contributed by atoms with Gasteiger partial charge in [0.05, 0.1) is 30.5 Å². The Balaban J connectivity index is 2.27. The third kappa shape index (κ3) is 10.6. The fourth-order valence-corrected chi connectivity index (χ4v) is 5.06. The molecular formula is C27H34ClIN4O8S. The Morgan fingerprint density at radius 3 is 2.05 bits per heavy atom. The molecule has 2 rings (SSSR count). The number of methoxy groups -OCH3 is 2. The van der Waals surface area contributed by atoms with Crippen LogP contribution in [-0.4, -0.2) is 95.9 Å². The minimum Gasteiger partial charge on any atom is -0.450 e. The Hall–Kier alpha value is -2.66. The molecule has 3 amide bonds. The lowest BCUT2D eigenvalue weighted by atomic mass is 9.92. The van der Waals surface area contributed by atoms with Gasteiger partial charge in [-0.15, -0.1) is 22.9 Å². The molecule has 1 aromatic heterocycles. The molecule has 0 saturated carbocycles. The van der Waals surface area contributed by atoms with Gasteiger partial charge in [0.25, 0.3) is 5.91 Å². The molecule has 1 heterocycles. The molecule has 4 unspecified atom stereocenters. The van der Waals surface area contributed by atoms with Crippen LogP contribution in [0.2, 0.25) is 0 Å². The molecule has 42 heavy (non-hydrogen) atoms. The quantitative estimate of drug-likeness (QED) is 0.125. The number of halogens is 2. The molecule has 0 bridgehead atoms. The van der Waals surface area contributed by atoms with Crippen molar-refractivity contribution in [3.05, 3.63) is 52.0 Å². The number of carbonyl (C=O) groups is 5. The molecule has 0 fully saturated rings. The number of ketones is 1. The smallest absolute Gasteiger partial charge is 0.321 e. The number of ether oxygens (including phenoxy) is 3. The van der Waals surface area contributed by atoms with Gasteiger partial charge in [0, 0.05) is 18.6 Å². The summed E-state index contributed by atoms with van der Waals surface area (Å²) in [6.07, 6.45) is 1.48. The van der Waals surface area contributed by atoms with Crippen molar-refractivity contribution in [2.75, 3.05) is 37.7 Å². The molecule has 0 aliphatic carbocycles. The fourth-order valence-electron chi connectivity index (χ4n) is 3.79. The number of thiazole rings is 1. The van der Waals surface area contributed by atoms with Crippen LogP contribution in [0.1, 0.15) is 27.2 Å². The number of carbonyl (C=O) groups excluding carboxylic acids is 5. The number of esters is 1. The summed E-state index contributed by atoms with van der Waals surface area (Å²) in [6.45, 7) is 2.78. The van der Waals surface area contributed by atoms with Gasteiger partial charge in [0.2, 0.25) is 11.8 Å². The van der Waals surface area contributed by atoms with Crippen LogP contribution in [0.15, 0.2) is 36.5 Å². The molecule has 0 aliphatic heterocycles. The highest BCUT2D eigenvalue weighted by Crippen LogP contribution is 2.21. The van der Waals surface area contributed by atoms with Gasteiger partial charge >= 0.3 is 5.97 Å². The number of aryl methyl sites for hydroxylation is 1. The van der Waals surface area contributed by atoms with Crippen LogP contribution in [0.4, 0.5) is 0 Å². The first-order valence-corrected chi connectivity index (χ1v) is 15.6. The van der Waals surface area contributed by atoms with E-state index in [2.05, 4.69) is 20.9 Å². The first-order valence-electron chi connectivity index (χ1n) is 12.7. The lowest BCUT2D eigenvalue weighted by Crippen LogP contribution is -2.60. The summed E-state index contributed by atoms with van der Waals surface area (Å²) in [6, 6.07) is 5.44. The summed E-state index contributed by atoms with van der Waals surface area (Å²) in [7, 11) is 2.71. The van der Waals surface area contributed by atoms with E-state index in [9.17, 15) is 24.0 Å².